The first-order chi connectivity index (χ1) is 8.83. The molecule has 1 aromatic carbocycles. The average Bonchev–Trinajstić information content (AvgIpc) is 2.33. The van der Waals surface area contributed by atoms with Crippen LogP contribution < -0.4 is 15.4 Å². The van der Waals surface area contributed by atoms with E-state index in [1.54, 1.807) is 7.11 Å². The van der Waals surface area contributed by atoms with Gasteiger partial charge < -0.3 is 15.4 Å². The molecule has 0 bridgehead atoms. The molecule has 4 nitrogen and oxygen atoms in total. The van der Waals surface area contributed by atoms with Crippen LogP contribution in [0.2, 0.25) is 0 Å². The summed E-state index contributed by atoms with van der Waals surface area (Å²) in [6.45, 7) is 8.20. The van der Waals surface area contributed by atoms with Crippen molar-refractivity contribution in [1.82, 2.24) is 10.6 Å². The van der Waals surface area contributed by atoms with E-state index in [1.165, 1.54) is 0 Å². The molecule has 0 radical (unpaired) electrons. The minimum absolute atomic E-state index is 0.00533. The summed E-state index contributed by atoms with van der Waals surface area (Å²) in [6.07, 6.45) is 0. The zero-order valence-corrected chi connectivity index (χ0v) is 12.4. The number of ether oxygens (including phenoxy) is 1. The molecule has 0 heterocycles. The first-order valence-electron chi connectivity index (χ1n) is 6.51. The number of benzene rings is 1. The Bertz CT molecular complexity index is 424. The monoisotopic (exact) mass is 264 g/mol. The molecule has 1 aromatic rings. The van der Waals surface area contributed by atoms with Crippen LogP contribution in [0.5, 0.6) is 5.75 Å². The summed E-state index contributed by atoms with van der Waals surface area (Å²) in [5, 5.41) is 6.13. The second-order valence-corrected chi connectivity index (χ2v) is 5.64. The number of amides is 1. The molecular formula is C15H24N2O2. The van der Waals surface area contributed by atoms with Crippen molar-refractivity contribution in [3.05, 3.63) is 29.8 Å². The summed E-state index contributed by atoms with van der Waals surface area (Å²) in [5.41, 5.74) is 0.848. The predicted molar refractivity (Wildman–Crippen MR) is 77.3 cm³/mol. The van der Waals surface area contributed by atoms with Crippen LogP contribution >= 0.6 is 0 Å². The van der Waals surface area contributed by atoms with Crippen molar-refractivity contribution in [2.24, 2.45) is 0 Å². The Hall–Kier alpha value is -1.55. The number of methoxy groups -OCH3 is 1. The molecule has 1 amide bonds. The van der Waals surface area contributed by atoms with Gasteiger partial charge in [0, 0.05) is 17.1 Å². The first-order valence-corrected chi connectivity index (χ1v) is 6.51. The highest BCUT2D eigenvalue weighted by Gasteiger charge is 2.15. The molecule has 2 N–H and O–H groups in total. The largest absolute Gasteiger partial charge is 0.496 e. The molecular weight excluding hydrogens is 240 g/mol. The Labute approximate surface area is 115 Å². The SMILES string of the molecule is COc1ccccc1[C@@H](C)NCC(=O)NC(C)(C)C. The van der Waals surface area contributed by atoms with Crippen LogP contribution in [-0.2, 0) is 4.79 Å². The number of nitrogens with one attached hydrogen (secondary N) is 2. The van der Waals surface area contributed by atoms with Crippen molar-refractivity contribution in [2.45, 2.75) is 39.3 Å². The van der Waals surface area contributed by atoms with Gasteiger partial charge in [-0.2, -0.15) is 0 Å². The van der Waals surface area contributed by atoms with E-state index in [1.807, 2.05) is 52.0 Å². The molecule has 4 heteroatoms. The third-order valence-electron chi connectivity index (χ3n) is 2.69. The molecule has 0 aromatic heterocycles. The average molecular weight is 264 g/mol. The molecule has 19 heavy (non-hydrogen) atoms. The summed E-state index contributed by atoms with van der Waals surface area (Å²) >= 11 is 0. The van der Waals surface area contributed by atoms with Crippen molar-refractivity contribution >= 4 is 5.91 Å². The lowest BCUT2D eigenvalue weighted by atomic mass is 10.1. The second-order valence-electron chi connectivity index (χ2n) is 5.64. The third-order valence-corrected chi connectivity index (χ3v) is 2.69. The minimum atomic E-state index is -0.202. The van der Waals surface area contributed by atoms with Gasteiger partial charge in [0.15, 0.2) is 0 Å². The van der Waals surface area contributed by atoms with Crippen LogP contribution in [0.1, 0.15) is 39.3 Å². The zero-order chi connectivity index (χ0) is 14.5. The molecule has 1 rings (SSSR count). The maximum absolute atomic E-state index is 11.7. The number of para-hydroxylation sites is 1. The van der Waals surface area contributed by atoms with Crippen LogP contribution in [0.3, 0.4) is 0 Å². The molecule has 0 aliphatic carbocycles. The van der Waals surface area contributed by atoms with Crippen LogP contribution in [0.4, 0.5) is 0 Å². The topological polar surface area (TPSA) is 50.4 Å². The van der Waals surface area contributed by atoms with E-state index >= 15 is 0 Å². The lowest BCUT2D eigenvalue weighted by Crippen LogP contribution is -2.45. The van der Waals surface area contributed by atoms with E-state index in [4.69, 9.17) is 4.74 Å². The van der Waals surface area contributed by atoms with E-state index in [0.717, 1.165) is 11.3 Å². The molecule has 0 fully saturated rings. The number of carbonyl (C=O) groups is 1. The maximum atomic E-state index is 11.7. The van der Waals surface area contributed by atoms with E-state index in [2.05, 4.69) is 10.6 Å². The van der Waals surface area contributed by atoms with Gasteiger partial charge in [0.1, 0.15) is 5.75 Å². The van der Waals surface area contributed by atoms with Gasteiger partial charge in [-0.05, 0) is 33.8 Å². The standard InChI is InChI=1S/C15H24N2O2/c1-11(12-8-6-7-9-13(12)19-5)16-10-14(18)17-15(2,3)4/h6-9,11,16H,10H2,1-5H3,(H,17,18)/t11-/m1/s1. The first kappa shape index (κ1) is 15.5. The van der Waals surface area contributed by atoms with Crippen LogP contribution in [-0.4, -0.2) is 25.1 Å². The number of hydrogen-bond acceptors (Lipinski definition) is 3. The van der Waals surface area contributed by atoms with Crippen molar-refractivity contribution in [2.75, 3.05) is 13.7 Å². The van der Waals surface area contributed by atoms with Crippen molar-refractivity contribution in [3.8, 4) is 5.75 Å². The van der Waals surface area contributed by atoms with Gasteiger partial charge in [0.2, 0.25) is 5.91 Å². The molecule has 106 valence electrons. The van der Waals surface area contributed by atoms with Gasteiger partial charge in [-0.15, -0.1) is 0 Å². The van der Waals surface area contributed by atoms with E-state index in [-0.39, 0.29) is 24.0 Å². The highest BCUT2D eigenvalue weighted by atomic mass is 16.5. The van der Waals surface area contributed by atoms with Gasteiger partial charge >= 0.3 is 0 Å². The fourth-order valence-electron chi connectivity index (χ4n) is 1.84. The van der Waals surface area contributed by atoms with Gasteiger partial charge in [0.25, 0.3) is 0 Å². The Kier molecular flexibility index (Phi) is 5.36. The summed E-state index contributed by atoms with van der Waals surface area (Å²) in [6, 6.07) is 7.87. The fraction of sp³-hybridized carbons (Fsp3) is 0.533. The fourth-order valence-corrected chi connectivity index (χ4v) is 1.84. The van der Waals surface area contributed by atoms with Gasteiger partial charge in [-0.25, -0.2) is 0 Å². The Morgan fingerprint density at radius 1 is 1.32 bits per heavy atom. The van der Waals surface area contributed by atoms with E-state index in [0.29, 0.717) is 0 Å². The number of rotatable bonds is 5. The number of hydrogen-bond donors (Lipinski definition) is 2. The number of carbonyl (C=O) groups excluding carboxylic acids is 1. The zero-order valence-electron chi connectivity index (χ0n) is 12.4. The Morgan fingerprint density at radius 3 is 2.53 bits per heavy atom. The smallest absolute Gasteiger partial charge is 0.234 e. The van der Waals surface area contributed by atoms with E-state index < -0.39 is 0 Å². The molecule has 0 spiro atoms. The lowest BCUT2D eigenvalue weighted by Gasteiger charge is -2.22. The highest BCUT2D eigenvalue weighted by Crippen LogP contribution is 2.23. The summed E-state index contributed by atoms with van der Waals surface area (Å²) in [7, 11) is 1.65. The summed E-state index contributed by atoms with van der Waals surface area (Å²) in [5.74, 6) is 0.827. The minimum Gasteiger partial charge on any atom is -0.496 e. The van der Waals surface area contributed by atoms with Crippen molar-refractivity contribution < 1.29 is 9.53 Å². The molecule has 0 aliphatic rings. The summed E-state index contributed by atoms with van der Waals surface area (Å²) in [4.78, 5) is 11.7. The molecule has 0 saturated carbocycles. The lowest BCUT2D eigenvalue weighted by molar-refractivity contribution is -0.121. The predicted octanol–water partition coefficient (Wildman–Crippen LogP) is 2.26. The van der Waals surface area contributed by atoms with Crippen LogP contribution in [0.15, 0.2) is 24.3 Å². The van der Waals surface area contributed by atoms with Crippen LogP contribution in [0, 0.1) is 0 Å². The molecule has 1 atom stereocenters. The summed E-state index contributed by atoms with van der Waals surface area (Å²) < 4.78 is 5.31. The van der Waals surface area contributed by atoms with E-state index in [9.17, 15) is 4.79 Å². The quantitative estimate of drug-likeness (QED) is 0.857. The maximum Gasteiger partial charge on any atom is 0.234 e. The van der Waals surface area contributed by atoms with Gasteiger partial charge in [-0.1, -0.05) is 18.2 Å². The molecule has 0 unspecified atom stereocenters. The Balaban J connectivity index is 2.56. The van der Waals surface area contributed by atoms with Gasteiger partial charge in [0.05, 0.1) is 13.7 Å². The molecule has 0 aliphatic heterocycles. The third kappa shape index (κ3) is 5.30. The normalized spacial score (nSPS) is 12.9. The second kappa shape index (κ2) is 6.57. The Morgan fingerprint density at radius 2 is 1.95 bits per heavy atom. The van der Waals surface area contributed by atoms with Crippen LogP contribution in [0.25, 0.3) is 0 Å². The molecule has 0 saturated heterocycles. The van der Waals surface area contributed by atoms with Crippen molar-refractivity contribution in [3.63, 3.8) is 0 Å². The van der Waals surface area contributed by atoms with Crippen molar-refractivity contribution in [1.29, 1.82) is 0 Å². The highest BCUT2D eigenvalue weighted by molar-refractivity contribution is 5.78. The van der Waals surface area contributed by atoms with Gasteiger partial charge in [-0.3, -0.25) is 4.79 Å².